The van der Waals surface area contributed by atoms with Gasteiger partial charge >= 0.3 is 0 Å². The molecule has 7 rings (SSSR count). The van der Waals surface area contributed by atoms with Crippen molar-refractivity contribution < 1.29 is 14.6 Å². The van der Waals surface area contributed by atoms with Crippen LogP contribution < -0.4 is 4.74 Å². The highest BCUT2D eigenvalue weighted by Gasteiger charge is 2.73. The van der Waals surface area contributed by atoms with Crippen molar-refractivity contribution in [1.82, 2.24) is 9.80 Å². The van der Waals surface area contributed by atoms with E-state index in [-0.39, 0.29) is 24.1 Å². The van der Waals surface area contributed by atoms with Gasteiger partial charge in [0, 0.05) is 36.7 Å². The van der Waals surface area contributed by atoms with Gasteiger partial charge in [-0.1, -0.05) is 54.5 Å². The smallest absolute Gasteiger partial charge is 0.298 e. The van der Waals surface area contributed by atoms with Crippen LogP contribution in [-0.2, 0) is 23.1 Å². The van der Waals surface area contributed by atoms with Crippen LogP contribution in [0.15, 0.2) is 66.7 Å². The standard InChI is InChI=1S/C36H38N2O3/c1-24-12-13-27(22-25(24)2)14-15-32(39)37(3)29-16-18-36(40)31-23-28-10-7-11-30-33(28)35(36,34(29)41-30)19-21-38(31)20-17-26-8-5-4-6-9-26/h4-13,22,29,31,34,40H,16-21,23H2,1-3H3/t29-,31+,34-,35-,36+/m0/s1. The van der Waals surface area contributed by atoms with E-state index < -0.39 is 11.0 Å². The number of hydrogen-bond donors (Lipinski definition) is 1. The maximum atomic E-state index is 13.4. The molecule has 1 saturated carbocycles. The third kappa shape index (κ3) is 3.95. The summed E-state index contributed by atoms with van der Waals surface area (Å²) in [5.74, 6) is 6.66. The second-order valence-electron chi connectivity index (χ2n) is 12.5. The van der Waals surface area contributed by atoms with E-state index in [1.54, 1.807) is 4.90 Å². The van der Waals surface area contributed by atoms with Crippen molar-refractivity contribution in [1.29, 1.82) is 0 Å². The third-order valence-corrected chi connectivity index (χ3v) is 10.6. The second kappa shape index (κ2) is 9.76. The molecule has 5 atom stereocenters. The minimum atomic E-state index is -0.905. The minimum Gasteiger partial charge on any atom is -0.487 e. The first kappa shape index (κ1) is 26.3. The fraction of sp³-hybridized carbons (Fsp3) is 0.417. The molecule has 2 heterocycles. The quantitative estimate of drug-likeness (QED) is 0.487. The number of likely N-dealkylation sites (tertiary alicyclic amines) is 1. The van der Waals surface area contributed by atoms with Crippen molar-refractivity contribution in [3.05, 3.63) is 100 Å². The molecule has 3 aromatic rings. The zero-order valence-electron chi connectivity index (χ0n) is 24.2. The summed E-state index contributed by atoms with van der Waals surface area (Å²) in [4.78, 5) is 17.7. The molecular formula is C36H38N2O3. The SMILES string of the molecule is Cc1ccc(C#CC(=O)N(C)[C@H]2CC[C@@]3(O)[C@H]4Cc5cccc6c5[C@@]3(CCN4CCc3ccccc3)[C@H]2O6)cc1C. The van der Waals surface area contributed by atoms with E-state index in [0.717, 1.165) is 49.2 Å². The number of amides is 1. The van der Waals surface area contributed by atoms with Crippen molar-refractivity contribution in [2.75, 3.05) is 20.1 Å². The van der Waals surface area contributed by atoms with Gasteiger partial charge in [0.15, 0.2) is 0 Å². The van der Waals surface area contributed by atoms with Crippen molar-refractivity contribution in [3.8, 4) is 17.6 Å². The molecule has 2 aliphatic heterocycles. The summed E-state index contributed by atoms with van der Waals surface area (Å²) in [7, 11) is 1.85. The largest absolute Gasteiger partial charge is 0.487 e. The summed E-state index contributed by atoms with van der Waals surface area (Å²) in [6, 6.07) is 22.9. The predicted octanol–water partition coefficient (Wildman–Crippen LogP) is 4.58. The van der Waals surface area contributed by atoms with Gasteiger partial charge < -0.3 is 14.7 Å². The molecular weight excluding hydrogens is 508 g/mol. The number of rotatable bonds is 4. The van der Waals surface area contributed by atoms with Gasteiger partial charge in [-0.05, 0) is 92.9 Å². The Morgan fingerprint density at radius 2 is 1.90 bits per heavy atom. The maximum Gasteiger partial charge on any atom is 0.298 e. The summed E-state index contributed by atoms with van der Waals surface area (Å²) in [5.41, 5.74) is 5.60. The fourth-order valence-electron chi connectivity index (χ4n) is 8.34. The fourth-order valence-corrected chi connectivity index (χ4v) is 8.34. The van der Waals surface area contributed by atoms with E-state index in [9.17, 15) is 9.90 Å². The molecule has 2 fully saturated rings. The summed E-state index contributed by atoms with van der Waals surface area (Å²) >= 11 is 0. The zero-order valence-corrected chi connectivity index (χ0v) is 24.2. The Balaban J connectivity index is 1.19. The molecule has 210 valence electrons. The van der Waals surface area contributed by atoms with Crippen LogP contribution in [0.25, 0.3) is 0 Å². The molecule has 2 aliphatic carbocycles. The number of nitrogens with zero attached hydrogens (tertiary/aromatic N) is 2. The first-order valence-electron chi connectivity index (χ1n) is 15.0. The lowest BCUT2D eigenvalue weighted by Gasteiger charge is -2.64. The van der Waals surface area contributed by atoms with Gasteiger partial charge in [-0.3, -0.25) is 9.69 Å². The Morgan fingerprint density at radius 1 is 1.07 bits per heavy atom. The summed E-state index contributed by atoms with van der Waals surface area (Å²) < 4.78 is 6.76. The molecule has 0 aromatic heterocycles. The van der Waals surface area contributed by atoms with Crippen molar-refractivity contribution >= 4 is 5.91 Å². The van der Waals surface area contributed by atoms with Gasteiger partial charge in [0.05, 0.1) is 17.1 Å². The van der Waals surface area contributed by atoms with Gasteiger partial charge in [0.1, 0.15) is 11.9 Å². The Bertz CT molecular complexity index is 1570. The number of piperidine rings is 1. The normalized spacial score (nSPS) is 29.1. The van der Waals surface area contributed by atoms with Gasteiger partial charge in [-0.15, -0.1) is 0 Å². The minimum absolute atomic E-state index is 0.0263. The number of ether oxygens (including phenoxy) is 1. The highest BCUT2D eigenvalue weighted by Crippen LogP contribution is 2.64. The summed E-state index contributed by atoms with van der Waals surface area (Å²) in [5, 5.41) is 12.8. The summed E-state index contributed by atoms with van der Waals surface area (Å²) in [6.07, 6.45) is 3.63. The predicted molar refractivity (Wildman–Crippen MR) is 160 cm³/mol. The van der Waals surface area contributed by atoms with Crippen LogP contribution in [0.4, 0.5) is 0 Å². The first-order valence-corrected chi connectivity index (χ1v) is 15.0. The number of hydrogen-bond acceptors (Lipinski definition) is 4. The van der Waals surface area contributed by atoms with E-state index in [1.807, 2.05) is 31.3 Å². The van der Waals surface area contributed by atoms with Crippen molar-refractivity contribution in [2.45, 2.75) is 75.2 Å². The molecule has 0 unspecified atom stereocenters. The van der Waals surface area contributed by atoms with Crippen LogP contribution in [0.5, 0.6) is 5.75 Å². The topological polar surface area (TPSA) is 53.0 Å². The monoisotopic (exact) mass is 546 g/mol. The zero-order chi connectivity index (χ0) is 28.4. The van der Waals surface area contributed by atoms with E-state index >= 15 is 0 Å². The number of aryl methyl sites for hydroxylation is 2. The highest BCUT2D eigenvalue weighted by molar-refractivity contribution is 5.94. The molecule has 2 bridgehead atoms. The van der Waals surface area contributed by atoms with Crippen LogP contribution in [0.2, 0.25) is 0 Å². The average Bonchev–Trinajstić information content (AvgIpc) is 3.32. The average molecular weight is 547 g/mol. The molecule has 0 radical (unpaired) electrons. The Kier molecular flexibility index (Phi) is 6.26. The molecule has 3 aromatic carbocycles. The van der Waals surface area contributed by atoms with E-state index in [2.05, 4.69) is 73.1 Å². The molecule has 5 nitrogen and oxygen atoms in total. The Hall–Kier alpha value is -3.59. The first-order chi connectivity index (χ1) is 19.8. The molecule has 5 heteroatoms. The van der Waals surface area contributed by atoms with E-state index in [0.29, 0.717) is 12.8 Å². The number of benzene rings is 3. The van der Waals surface area contributed by atoms with Crippen LogP contribution in [-0.4, -0.2) is 64.7 Å². The summed E-state index contributed by atoms with van der Waals surface area (Å²) in [6.45, 7) is 5.96. The van der Waals surface area contributed by atoms with Crippen molar-refractivity contribution in [3.63, 3.8) is 0 Å². The van der Waals surface area contributed by atoms with Crippen LogP contribution >= 0.6 is 0 Å². The van der Waals surface area contributed by atoms with Crippen LogP contribution in [0.3, 0.4) is 0 Å². The number of carbonyl (C=O) groups excluding carboxylic acids is 1. The highest BCUT2D eigenvalue weighted by atomic mass is 16.5. The van der Waals surface area contributed by atoms with Crippen LogP contribution in [0.1, 0.15) is 52.6 Å². The van der Waals surface area contributed by atoms with Crippen LogP contribution in [0, 0.1) is 25.7 Å². The molecule has 1 spiro atoms. The molecule has 1 amide bonds. The third-order valence-electron chi connectivity index (χ3n) is 10.6. The van der Waals surface area contributed by atoms with Gasteiger partial charge in [0.25, 0.3) is 5.91 Å². The molecule has 41 heavy (non-hydrogen) atoms. The molecule has 1 saturated heterocycles. The lowest BCUT2D eigenvalue weighted by molar-refractivity contribution is -0.199. The van der Waals surface area contributed by atoms with Crippen molar-refractivity contribution in [2.24, 2.45) is 0 Å². The van der Waals surface area contributed by atoms with E-state index in [4.69, 9.17) is 4.74 Å². The Morgan fingerprint density at radius 3 is 2.71 bits per heavy atom. The maximum absolute atomic E-state index is 13.4. The van der Waals surface area contributed by atoms with Gasteiger partial charge in [-0.25, -0.2) is 0 Å². The Labute approximate surface area is 243 Å². The lowest BCUT2D eigenvalue weighted by atomic mass is 9.48. The van der Waals surface area contributed by atoms with E-state index in [1.165, 1.54) is 22.3 Å². The lowest BCUT2D eigenvalue weighted by Crippen LogP contribution is -2.78. The second-order valence-corrected chi connectivity index (χ2v) is 12.5. The molecule has 4 aliphatic rings. The van der Waals surface area contributed by atoms with Gasteiger partial charge in [-0.2, -0.15) is 0 Å². The van der Waals surface area contributed by atoms with Gasteiger partial charge in [0.2, 0.25) is 0 Å². The number of likely N-dealkylation sites (N-methyl/N-ethyl adjacent to an activating group) is 1. The number of carbonyl (C=O) groups is 1. The molecule has 1 N–H and O–H groups in total. The number of aliphatic hydroxyl groups is 1.